The molecule has 5 aromatic heterocycles. The lowest BCUT2D eigenvalue weighted by Gasteiger charge is -2.30. The van der Waals surface area contributed by atoms with Crippen LogP contribution >= 0.6 is 62.1 Å². The molecule has 0 bridgehead atoms. The van der Waals surface area contributed by atoms with E-state index in [0.29, 0.717) is 80.4 Å². The molecular formula is C101H133Cl5N11O19PS2. The molecule has 6 aromatic rings. The highest BCUT2D eigenvalue weighted by Gasteiger charge is 2.65. The van der Waals surface area contributed by atoms with E-state index in [1.54, 1.807) is 86.4 Å². The van der Waals surface area contributed by atoms with Gasteiger partial charge in [0.2, 0.25) is 49.6 Å². The van der Waals surface area contributed by atoms with E-state index in [0.717, 1.165) is 112 Å². The van der Waals surface area contributed by atoms with Crippen molar-refractivity contribution in [2.24, 2.45) is 22.7 Å². The van der Waals surface area contributed by atoms with Crippen LogP contribution in [0, 0.1) is 22.7 Å². The number of Topliss-reactive ketones (excluding diaryl/α,β-unsaturated/α-hetero) is 2. The monoisotopic (exact) mass is 2070 g/mol. The molecular weight excluding hydrogens is 1940 g/mol. The van der Waals surface area contributed by atoms with Crippen LogP contribution in [-0.2, 0) is 114 Å². The summed E-state index contributed by atoms with van der Waals surface area (Å²) in [7, 11) is -7.81. The molecule has 1 aromatic carbocycles. The fourth-order valence-corrected chi connectivity index (χ4v) is 22.6. The summed E-state index contributed by atoms with van der Waals surface area (Å²) in [5.41, 5.74) is 5.97. The van der Waals surface area contributed by atoms with Gasteiger partial charge in [-0.3, -0.25) is 52.4 Å². The Morgan fingerprint density at radius 3 is 1.35 bits per heavy atom. The SMILES string of the molecule is CC(C)(C)OC(=O)N[C@H]1CCCCC/C=C\[C@@H]2C[C@@]2(C(=O)NS(=O)(=O)C2(C)CC2)CC(=O)[C@@H]2C[C@@H](O)CN2C1=O.CC(C)(C)OC(=O)N[C@H]1CCCCC/C=C\[C@@H]2C[C@@]2(C(=O)NS(=O)(=O)C2(C)CC2)CC(=O)[C@@H]2C[C@@H](Oc3nccc4c3CCCC4)CN2C1=O.Clc1nccc2c1CCCC2.Clc1nccc2c1CCCC2.O=P(Cl)(Cl)Cl.O=c1[nH]ccc2c1CCCC2.O=c1[nH]ccc2ccccc12. The highest BCUT2D eigenvalue weighted by molar-refractivity contribution is 8.24. The van der Waals surface area contributed by atoms with Crippen LogP contribution in [0.5, 0.6) is 5.88 Å². The minimum Gasteiger partial charge on any atom is -0.472 e. The zero-order chi connectivity index (χ0) is 101. The number of aryl methyl sites for hydroxylation is 4. The molecule has 139 heavy (non-hydrogen) atoms. The Morgan fingerprint density at radius 1 is 0.504 bits per heavy atom. The first-order valence-electron chi connectivity index (χ1n) is 48.8. The van der Waals surface area contributed by atoms with Gasteiger partial charge >= 0.3 is 17.4 Å². The maximum absolute atomic E-state index is 14.4. The zero-order valence-corrected chi connectivity index (χ0v) is 86.9. The lowest BCUT2D eigenvalue weighted by Crippen LogP contribution is -2.53. The van der Waals surface area contributed by atoms with Gasteiger partial charge in [0.25, 0.3) is 11.1 Å². The number of pyridine rings is 5. The molecule has 8 aliphatic carbocycles. The summed E-state index contributed by atoms with van der Waals surface area (Å²) in [5.74, 6) is -3.05. The van der Waals surface area contributed by atoms with E-state index in [4.69, 9.17) is 37.4 Å². The third kappa shape index (κ3) is 30.0. The lowest BCUT2D eigenvalue weighted by molar-refractivity contribution is -0.140. The van der Waals surface area contributed by atoms with Gasteiger partial charge in [-0.05, 0) is 356 Å². The minimum atomic E-state index is -3.92. The largest absolute Gasteiger partial charge is 0.472 e. The van der Waals surface area contributed by atoms with Crippen molar-refractivity contribution in [1.29, 1.82) is 0 Å². The van der Waals surface area contributed by atoms with Gasteiger partial charge in [-0.15, -0.1) is 0 Å². The summed E-state index contributed by atoms with van der Waals surface area (Å²) in [6, 6.07) is 13.8. The summed E-state index contributed by atoms with van der Waals surface area (Å²) < 4.78 is 81.3. The molecule has 10 atom stereocenters. The second-order valence-corrected chi connectivity index (χ2v) is 52.8. The molecule has 30 nitrogen and oxygen atoms in total. The van der Waals surface area contributed by atoms with E-state index >= 15 is 0 Å². The molecule has 38 heteroatoms. The number of rotatable bonds is 10. The number of carbonyl (C=O) groups is 8. The van der Waals surface area contributed by atoms with Crippen LogP contribution in [0.1, 0.15) is 280 Å². The Morgan fingerprint density at radius 2 is 0.906 bits per heavy atom. The molecule has 0 radical (unpaired) electrons. The molecule has 6 fully saturated rings. The standard InChI is InChI=1S/C37H52N4O8S.C28H43N3O8S.2C9H10ClN.C9H11NO.C9H7NO.Cl3OP/c1-35(2,3)49-34(45)39-28-15-9-7-5-6-8-13-25-21-37(25,33(44)40-50(46,47)36(4)17-18-36)22-30(42)29-20-26(23-41(29)32(28)43)48-31-27-14-11-10-12-24(27)16-19-38-31;1-26(2,3)39-25(36)29-20-11-9-7-5-6-8-10-18-15-28(18,24(35)30-40(37,38)27(4)12-13-27)16-22(33)21-14-19(32)17-31(21)23(20)34;2*10-9-8-4-2-1-3-7(8)5-6-11-9;2*11-9-8-4-2-1-3-7(8)5-6-10-9;1-5(2,3)4/h8,13,16,19,25-26,28-29H,5-7,9-12,14-15,17-18,20-23H2,1-4H3,(H,39,45)(H,40,44);8,10,18-21,32H,5-7,9,11-17H2,1-4H3,(H,29,36)(H,30,35);2*5-6H,1-4H2;5-6H,1-4H2,(H,10,11);1-6H,(H,10,11);/b13-8-;10-8-;;;;;/t25-,26-,28+,29+,37-;18-,19-,20+,21+,28-;;;;;/m11...../s1. The normalized spacial score (nSPS) is 25.6. The molecule has 0 unspecified atom stereocenters. The number of aliphatic hydroxyl groups excluding tert-OH is 1. The van der Waals surface area contributed by atoms with E-state index in [2.05, 4.69) is 90.9 Å². The van der Waals surface area contributed by atoms with Gasteiger partial charge in [-0.25, -0.2) is 41.4 Å². The van der Waals surface area contributed by atoms with Crippen molar-refractivity contribution >= 4 is 140 Å². The molecule has 758 valence electrons. The van der Waals surface area contributed by atoms with Gasteiger partial charge in [0, 0.05) is 79.7 Å². The van der Waals surface area contributed by atoms with Gasteiger partial charge in [0.05, 0.1) is 45.1 Å². The number of aliphatic hydroxyl groups is 1. The van der Waals surface area contributed by atoms with Crippen LogP contribution < -0.4 is 35.9 Å². The van der Waals surface area contributed by atoms with Crippen LogP contribution in [0.15, 0.2) is 119 Å². The quantitative estimate of drug-likeness (QED) is 0.0380. The summed E-state index contributed by atoms with van der Waals surface area (Å²) in [6.45, 7) is 13.6. The Kier molecular flexibility index (Phi) is 37.2. The van der Waals surface area contributed by atoms with Crippen molar-refractivity contribution in [3.63, 3.8) is 0 Å². The molecule has 7 N–H and O–H groups in total. The van der Waals surface area contributed by atoms with Crippen LogP contribution in [0.25, 0.3) is 10.8 Å². The number of amides is 6. The van der Waals surface area contributed by atoms with E-state index in [-0.39, 0.29) is 67.5 Å². The summed E-state index contributed by atoms with van der Waals surface area (Å²) in [5, 5.41) is 15.8. The first-order chi connectivity index (χ1) is 65.7. The Balaban J connectivity index is 0.000000168. The molecule has 9 heterocycles. The number of benzene rings is 1. The Bertz CT molecular complexity index is 5870. The average Bonchev–Trinajstić information content (AvgIpc) is 1.57. The van der Waals surface area contributed by atoms with Gasteiger partial charge < -0.3 is 49.7 Å². The molecule has 12 aliphatic rings. The Hall–Kier alpha value is -8.59. The molecule has 6 amide bonds. The third-order valence-corrected chi connectivity index (χ3v) is 33.0. The van der Waals surface area contributed by atoms with Crippen LogP contribution in [0.4, 0.5) is 9.59 Å². The van der Waals surface area contributed by atoms with Crippen LogP contribution in [-0.4, -0.2) is 174 Å². The number of H-pyrrole nitrogens is 2. The van der Waals surface area contributed by atoms with E-state index in [1.807, 2.05) is 66.8 Å². The number of sulfonamides is 2. The van der Waals surface area contributed by atoms with Crippen molar-refractivity contribution in [2.75, 3.05) is 13.1 Å². The number of hydrogen-bond donors (Lipinski definition) is 7. The Labute approximate surface area is 838 Å². The number of halogens is 5. The summed E-state index contributed by atoms with van der Waals surface area (Å²) >= 11 is 25.7. The van der Waals surface area contributed by atoms with Gasteiger partial charge in [0.1, 0.15) is 39.7 Å². The lowest BCUT2D eigenvalue weighted by atomic mass is 9.91. The number of nitrogens with one attached hydrogen (secondary N) is 6. The number of carbonyl (C=O) groups excluding carboxylic acids is 8. The van der Waals surface area contributed by atoms with Crippen molar-refractivity contribution in [3.8, 4) is 5.88 Å². The second-order valence-electron chi connectivity index (χ2n) is 41.1. The molecule has 0 spiro atoms. The fourth-order valence-electron chi connectivity index (χ4n) is 19.3. The summed E-state index contributed by atoms with van der Waals surface area (Å²) in [6.07, 6.45) is 40.7. The van der Waals surface area contributed by atoms with Crippen molar-refractivity contribution in [1.82, 2.24) is 54.8 Å². The first kappa shape index (κ1) is 109. The number of aromatic amines is 2. The molecule has 4 saturated carbocycles. The predicted molar refractivity (Wildman–Crippen MR) is 537 cm³/mol. The molecule has 18 rings (SSSR count). The average molecular weight is 2080 g/mol. The van der Waals surface area contributed by atoms with E-state index in [9.17, 15) is 74.5 Å². The maximum atomic E-state index is 14.4. The highest BCUT2D eigenvalue weighted by atomic mass is 36.0. The van der Waals surface area contributed by atoms with Gasteiger partial charge in [-0.1, -0.05) is 91.4 Å². The maximum Gasteiger partial charge on any atom is 0.408 e. The number of ketones is 2. The number of nitrogens with zero attached hydrogens (tertiary/aromatic N) is 5. The highest BCUT2D eigenvalue weighted by Crippen LogP contribution is 2.62. The number of alkyl carbamates (subject to hydrolysis) is 2. The van der Waals surface area contributed by atoms with Crippen molar-refractivity contribution in [2.45, 2.75) is 344 Å². The predicted octanol–water partition coefficient (Wildman–Crippen LogP) is 17.8. The number of aromatic nitrogens is 5. The van der Waals surface area contributed by atoms with E-state index in [1.165, 1.54) is 94.5 Å². The number of hydrogen-bond acceptors (Lipinski definition) is 22. The minimum absolute atomic E-state index is 0.0122. The topological polar surface area (TPSA) is 429 Å². The number of ether oxygens (including phenoxy) is 3. The number of fused-ring (bicyclic) bond motifs is 9. The van der Waals surface area contributed by atoms with Crippen LogP contribution in [0.2, 0.25) is 10.3 Å². The third-order valence-electron chi connectivity index (χ3n) is 28.0. The second kappa shape index (κ2) is 47.3. The van der Waals surface area contributed by atoms with Gasteiger partial charge in [0.15, 0.2) is 11.6 Å². The number of allylic oxidation sites excluding steroid dienone is 4. The molecule has 2 saturated heterocycles. The smallest absolute Gasteiger partial charge is 0.408 e. The van der Waals surface area contributed by atoms with E-state index < -0.39 is 135 Å². The zero-order valence-electron chi connectivity index (χ0n) is 80.6. The first-order valence-corrected chi connectivity index (χ1v) is 57.0. The van der Waals surface area contributed by atoms with Crippen LogP contribution in [0.3, 0.4) is 0 Å². The fraction of sp³-hybridized carbons (Fsp3) is 0.594. The molecule has 4 aliphatic heterocycles. The van der Waals surface area contributed by atoms with Gasteiger partial charge in [-0.2, -0.15) is 0 Å². The van der Waals surface area contributed by atoms with Crippen molar-refractivity contribution in [3.05, 3.63) is 185 Å². The summed E-state index contributed by atoms with van der Waals surface area (Å²) in [4.78, 5) is 152. The van der Waals surface area contributed by atoms with Crippen molar-refractivity contribution < 1.29 is 79.1 Å².